The van der Waals surface area contributed by atoms with Gasteiger partial charge in [0.15, 0.2) is 0 Å². The van der Waals surface area contributed by atoms with E-state index in [0.717, 1.165) is 38.5 Å². The highest BCUT2D eigenvalue weighted by Crippen LogP contribution is 2.61. The smallest absolute Gasteiger partial charge is 0.139 e. The minimum Gasteiger partial charge on any atom is -0.392 e. The number of hydrogen-bond donors (Lipinski definition) is 1. The first-order chi connectivity index (χ1) is 10.5. The second-order valence-corrected chi connectivity index (χ2v) is 8.14. The molecule has 4 aliphatic rings. The highest BCUT2D eigenvalue weighted by atomic mass is 16.3. The number of rotatable bonds is 1. The number of aliphatic hydroxyl groups excluding tert-OH is 1. The van der Waals surface area contributed by atoms with E-state index < -0.39 is 0 Å². The number of Topliss-reactive ketones (excluding diaryl/α,β-unsaturated/α-hetero) is 1. The minimum absolute atomic E-state index is 0.101. The van der Waals surface area contributed by atoms with Gasteiger partial charge in [0.25, 0.3) is 0 Å². The zero-order chi connectivity index (χ0) is 15.5. The molecule has 0 bridgehead atoms. The van der Waals surface area contributed by atoms with Crippen molar-refractivity contribution in [3.8, 4) is 0 Å². The van der Waals surface area contributed by atoms with E-state index in [-0.39, 0.29) is 17.4 Å². The largest absolute Gasteiger partial charge is 0.392 e. The van der Waals surface area contributed by atoms with Crippen molar-refractivity contribution >= 4 is 5.78 Å². The number of hydrogen-bond acceptors (Lipinski definition) is 2. The van der Waals surface area contributed by atoms with Gasteiger partial charge in [-0.05, 0) is 55.1 Å². The van der Waals surface area contributed by atoms with Gasteiger partial charge in [0, 0.05) is 17.3 Å². The van der Waals surface area contributed by atoms with E-state index in [9.17, 15) is 9.90 Å². The molecule has 4 rings (SSSR count). The van der Waals surface area contributed by atoms with E-state index in [1.807, 2.05) is 0 Å². The van der Waals surface area contributed by atoms with Crippen LogP contribution >= 0.6 is 0 Å². The van der Waals surface area contributed by atoms with Crippen LogP contribution in [0.15, 0.2) is 34.9 Å². The van der Waals surface area contributed by atoms with Crippen molar-refractivity contribution in [3.63, 3.8) is 0 Å². The zero-order valence-electron chi connectivity index (χ0n) is 13.7. The van der Waals surface area contributed by atoms with Crippen LogP contribution in [0.5, 0.6) is 0 Å². The van der Waals surface area contributed by atoms with Crippen LogP contribution in [0.1, 0.15) is 52.4 Å². The van der Waals surface area contributed by atoms with Crippen LogP contribution in [0, 0.1) is 22.7 Å². The normalized spacial score (nSPS) is 43.6. The molecule has 0 amide bonds. The van der Waals surface area contributed by atoms with Gasteiger partial charge in [0.2, 0.25) is 0 Å². The summed E-state index contributed by atoms with van der Waals surface area (Å²) in [6.45, 7) is 4.76. The van der Waals surface area contributed by atoms with Crippen LogP contribution in [0.4, 0.5) is 0 Å². The number of ketones is 1. The molecule has 0 spiro atoms. The summed E-state index contributed by atoms with van der Waals surface area (Å²) in [5.74, 6) is 1.58. The fourth-order valence-electron chi connectivity index (χ4n) is 5.60. The zero-order valence-corrected chi connectivity index (χ0v) is 13.7. The Balaban J connectivity index is 1.76. The number of aliphatic hydroxyl groups is 1. The van der Waals surface area contributed by atoms with E-state index in [1.54, 1.807) is 5.57 Å². The average molecular weight is 298 g/mol. The van der Waals surface area contributed by atoms with Crippen LogP contribution in [-0.2, 0) is 4.79 Å². The summed E-state index contributed by atoms with van der Waals surface area (Å²) in [7, 11) is 0. The molecule has 0 aromatic carbocycles. The molecule has 0 radical (unpaired) electrons. The van der Waals surface area contributed by atoms with Crippen LogP contribution in [0.3, 0.4) is 0 Å². The Morgan fingerprint density at radius 1 is 1.27 bits per heavy atom. The Kier molecular flexibility index (Phi) is 3.07. The topological polar surface area (TPSA) is 37.3 Å². The lowest BCUT2D eigenvalue weighted by Gasteiger charge is -2.50. The Morgan fingerprint density at radius 2 is 2.09 bits per heavy atom. The van der Waals surface area contributed by atoms with E-state index in [2.05, 4.69) is 32.1 Å². The molecule has 0 aromatic rings. The van der Waals surface area contributed by atoms with Crippen molar-refractivity contribution in [2.24, 2.45) is 22.7 Å². The first kappa shape index (κ1) is 14.4. The fourth-order valence-corrected chi connectivity index (χ4v) is 5.60. The maximum atomic E-state index is 12.4. The molecule has 1 saturated carbocycles. The van der Waals surface area contributed by atoms with Crippen molar-refractivity contribution in [3.05, 3.63) is 34.9 Å². The predicted octanol–water partition coefficient (Wildman–Crippen LogP) is 3.97. The lowest BCUT2D eigenvalue weighted by Crippen LogP contribution is -2.43. The summed E-state index contributed by atoms with van der Waals surface area (Å²) in [5.41, 5.74) is 4.19. The van der Waals surface area contributed by atoms with Gasteiger partial charge in [-0.2, -0.15) is 0 Å². The number of fused-ring (bicyclic) bond motifs is 5. The second kappa shape index (κ2) is 4.67. The second-order valence-electron chi connectivity index (χ2n) is 8.14. The molecule has 2 unspecified atom stereocenters. The summed E-state index contributed by atoms with van der Waals surface area (Å²) in [5, 5.41) is 9.44. The molecule has 0 heterocycles. The van der Waals surface area contributed by atoms with Crippen LogP contribution in [0.25, 0.3) is 0 Å². The number of carbonyl (C=O) groups is 1. The van der Waals surface area contributed by atoms with Gasteiger partial charge < -0.3 is 5.11 Å². The first-order valence-electron chi connectivity index (χ1n) is 8.74. The summed E-state index contributed by atoms with van der Waals surface area (Å²) in [4.78, 5) is 12.4. The van der Waals surface area contributed by atoms with Gasteiger partial charge in [-0.3, -0.25) is 4.79 Å². The molecular weight excluding hydrogens is 272 g/mol. The highest BCUT2D eigenvalue weighted by Gasteiger charge is 2.54. The van der Waals surface area contributed by atoms with Crippen molar-refractivity contribution in [2.75, 3.05) is 6.61 Å². The van der Waals surface area contributed by atoms with Crippen LogP contribution in [-0.4, -0.2) is 17.5 Å². The first-order valence-corrected chi connectivity index (χ1v) is 8.74. The molecule has 4 atom stereocenters. The molecule has 118 valence electrons. The SMILES string of the molecule is C[C@]12CCC(CO)=CC1=CCC1C2=CC[C@]2(C)C(=O)CCC12. The monoisotopic (exact) mass is 298 g/mol. The molecule has 1 fully saturated rings. The Labute approximate surface area is 133 Å². The van der Waals surface area contributed by atoms with E-state index in [1.165, 1.54) is 11.1 Å². The summed E-state index contributed by atoms with van der Waals surface area (Å²) >= 11 is 0. The third kappa shape index (κ3) is 1.73. The van der Waals surface area contributed by atoms with Crippen molar-refractivity contribution < 1.29 is 9.90 Å². The summed E-state index contributed by atoms with van der Waals surface area (Å²) in [6, 6.07) is 0. The fraction of sp³-hybridized carbons (Fsp3) is 0.650. The van der Waals surface area contributed by atoms with E-state index in [4.69, 9.17) is 0 Å². The van der Waals surface area contributed by atoms with Gasteiger partial charge in [0.05, 0.1) is 6.61 Å². The molecule has 2 heteroatoms. The van der Waals surface area contributed by atoms with Crippen LogP contribution < -0.4 is 0 Å². The molecule has 0 saturated heterocycles. The van der Waals surface area contributed by atoms with Crippen molar-refractivity contribution in [1.29, 1.82) is 0 Å². The number of allylic oxidation sites excluding steroid dienone is 5. The third-order valence-electron chi connectivity index (χ3n) is 7.14. The molecule has 0 aliphatic heterocycles. The van der Waals surface area contributed by atoms with Crippen molar-refractivity contribution in [1.82, 2.24) is 0 Å². The molecule has 0 aromatic heterocycles. The van der Waals surface area contributed by atoms with Gasteiger partial charge in [-0.1, -0.05) is 37.6 Å². The van der Waals surface area contributed by atoms with Crippen LogP contribution in [0.2, 0.25) is 0 Å². The maximum absolute atomic E-state index is 12.4. The highest BCUT2D eigenvalue weighted by molar-refractivity contribution is 5.87. The average Bonchev–Trinajstić information content (AvgIpc) is 2.82. The molecule has 22 heavy (non-hydrogen) atoms. The van der Waals surface area contributed by atoms with Gasteiger partial charge in [-0.15, -0.1) is 0 Å². The summed E-state index contributed by atoms with van der Waals surface area (Å²) < 4.78 is 0. The predicted molar refractivity (Wildman–Crippen MR) is 87.2 cm³/mol. The minimum atomic E-state index is -0.101. The van der Waals surface area contributed by atoms with Gasteiger partial charge in [-0.25, -0.2) is 0 Å². The lowest BCUT2D eigenvalue weighted by atomic mass is 9.53. The molecule has 4 aliphatic carbocycles. The Morgan fingerprint density at radius 3 is 2.86 bits per heavy atom. The van der Waals surface area contributed by atoms with Gasteiger partial charge >= 0.3 is 0 Å². The molecule has 2 nitrogen and oxygen atoms in total. The Bertz CT molecular complexity index is 624. The van der Waals surface area contributed by atoms with E-state index in [0.29, 0.717) is 17.6 Å². The lowest BCUT2D eigenvalue weighted by molar-refractivity contribution is -0.127. The maximum Gasteiger partial charge on any atom is 0.139 e. The molecule has 1 N–H and O–H groups in total. The van der Waals surface area contributed by atoms with E-state index >= 15 is 0 Å². The van der Waals surface area contributed by atoms with Gasteiger partial charge in [0.1, 0.15) is 5.78 Å². The standard InChI is InChI=1S/C20H26O2/c1-19-9-7-13(12-21)11-14(19)3-4-15-16-5-6-18(22)20(16,2)10-8-17(15)19/h3,8,11,15-16,21H,4-7,9-10,12H2,1-2H3/t15?,16?,19-,20-/m0/s1. The molecular formula is C20H26O2. The quantitative estimate of drug-likeness (QED) is 0.744. The third-order valence-corrected chi connectivity index (χ3v) is 7.14. The van der Waals surface area contributed by atoms with Crippen molar-refractivity contribution in [2.45, 2.75) is 52.4 Å². The summed E-state index contributed by atoms with van der Waals surface area (Å²) in [6.07, 6.45) is 13.0. The Hall–Kier alpha value is -1.15. The number of carbonyl (C=O) groups excluding carboxylic acids is 1.